The first-order chi connectivity index (χ1) is 8.29. The van der Waals surface area contributed by atoms with E-state index in [0.29, 0.717) is 11.5 Å². The van der Waals surface area contributed by atoms with Crippen LogP contribution < -0.4 is 5.32 Å². The molecule has 1 aliphatic carbocycles. The molecular formula is C16H25N. The molecule has 1 aromatic rings. The molecule has 1 aliphatic rings. The van der Waals surface area contributed by atoms with E-state index < -0.39 is 0 Å². The second kappa shape index (κ2) is 5.68. The molecule has 1 nitrogen and oxygen atoms in total. The smallest absolute Gasteiger partial charge is 0.0320 e. The maximum atomic E-state index is 3.79. The van der Waals surface area contributed by atoms with Crippen molar-refractivity contribution in [3.8, 4) is 0 Å². The number of benzene rings is 1. The van der Waals surface area contributed by atoms with Crippen LogP contribution in [-0.4, -0.2) is 6.54 Å². The van der Waals surface area contributed by atoms with Crippen LogP contribution in [0.2, 0.25) is 0 Å². The molecule has 1 fully saturated rings. The Labute approximate surface area is 106 Å². The molecule has 0 saturated heterocycles. The van der Waals surface area contributed by atoms with E-state index in [4.69, 9.17) is 0 Å². The number of nitrogens with one attached hydrogen (secondary N) is 1. The summed E-state index contributed by atoms with van der Waals surface area (Å²) >= 11 is 0. The van der Waals surface area contributed by atoms with Gasteiger partial charge in [-0.25, -0.2) is 0 Å². The minimum atomic E-state index is 0.547. The lowest BCUT2D eigenvalue weighted by molar-refractivity contribution is 0.391. The maximum Gasteiger partial charge on any atom is 0.0320 e. The third-order valence-corrected chi connectivity index (χ3v) is 4.21. The molecule has 0 aromatic heterocycles. The Morgan fingerprint density at radius 2 is 1.88 bits per heavy atom. The van der Waals surface area contributed by atoms with Gasteiger partial charge in [-0.2, -0.15) is 0 Å². The highest BCUT2D eigenvalue weighted by atomic mass is 14.9. The number of hydrogen-bond donors (Lipinski definition) is 1. The molecule has 0 heterocycles. The lowest BCUT2D eigenvalue weighted by Crippen LogP contribution is -2.28. The van der Waals surface area contributed by atoms with Gasteiger partial charge in [0.25, 0.3) is 0 Å². The van der Waals surface area contributed by atoms with Crippen molar-refractivity contribution in [2.45, 2.75) is 52.0 Å². The summed E-state index contributed by atoms with van der Waals surface area (Å²) in [6.45, 7) is 5.79. The minimum absolute atomic E-state index is 0.547. The molecule has 1 atom stereocenters. The Kier molecular flexibility index (Phi) is 4.22. The van der Waals surface area contributed by atoms with Gasteiger partial charge in [-0.3, -0.25) is 0 Å². The molecule has 1 heteroatoms. The van der Waals surface area contributed by atoms with Crippen LogP contribution in [0.25, 0.3) is 0 Å². The van der Waals surface area contributed by atoms with E-state index in [1.807, 2.05) is 0 Å². The van der Waals surface area contributed by atoms with Crippen LogP contribution >= 0.6 is 0 Å². The predicted molar refractivity (Wildman–Crippen MR) is 74.1 cm³/mol. The lowest BCUT2D eigenvalue weighted by Gasteiger charge is -2.22. The summed E-state index contributed by atoms with van der Waals surface area (Å²) in [6.07, 6.45) is 6.65. The standard InChI is InChI=1S/C16H25N/c1-3-8-15(14-9-6-5-7-10-14)17-13-16(4-2)11-12-16/h5-7,9-10,15,17H,3-4,8,11-13H2,1-2H3. The zero-order chi connectivity index (χ0) is 12.1. The van der Waals surface area contributed by atoms with Gasteiger partial charge >= 0.3 is 0 Å². The molecule has 1 saturated carbocycles. The van der Waals surface area contributed by atoms with Crippen LogP contribution in [-0.2, 0) is 0 Å². The highest BCUT2D eigenvalue weighted by Gasteiger charge is 2.40. The molecule has 0 radical (unpaired) electrons. The van der Waals surface area contributed by atoms with E-state index in [9.17, 15) is 0 Å². The Morgan fingerprint density at radius 3 is 2.41 bits per heavy atom. The fourth-order valence-electron chi connectivity index (χ4n) is 2.53. The minimum Gasteiger partial charge on any atom is -0.309 e. The molecule has 0 bridgehead atoms. The van der Waals surface area contributed by atoms with Crippen molar-refractivity contribution in [3.63, 3.8) is 0 Å². The van der Waals surface area contributed by atoms with E-state index in [-0.39, 0.29) is 0 Å². The Bertz CT molecular complexity index is 327. The third kappa shape index (κ3) is 3.32. The Hall–Kier alpha value is -0.820. The summed E-state index contributed by atoms with van der Waals surface area (Å²) in [4.78, 5) is 0. The Balaban J connectivity index is 1.93. The summed E-state index contributed by atoms with van der Waals surface area (Å²) in [7, 11) is 0. The third-order valence-electron chi connectivity index (χ3n) is 4.21. The largest absolute Gasteiger partial charge is 0.309 e. The molecule has 17 heavy (non-hydrogen) atoms. The van der Waals surface area contributed by atoms with Crippen molar-refractivity contribution in [3.05, 3.63) is 35.9 Å². The van der Waals surface area contributed by atoms with Crippen molar-refractivity contribution in [2.24, 2.45) is 5.41 Å². The number of hydrogen-bond acceptors (Lipinski definition) is 1. The zero-order valence-corrected chi connectivity index (χ0v) is 11.2. The van der Waals surface area contributed by atoms with Crippen LogP contribution in [0.15, 0.2) is 30.3 Å². The van der Waals surface area contributed by atoms with Gasteiger partial charge in [0, 0.05) is 12.6 Å². The molecule has 0 spiro atoms. The van der Waals surface area contributed by atoms with Gasteiger partial charge in [-0.1, -0.05) is 50.6 Å². The van der Waals surface area contributed by atoms with Crippen LogP contribution in [0.5, 0.6) is 0 Å². The number of rotatable bonds is 7. The summed E-state index contributed by atoms with van der Waals surface area (Å²) in [6, 6.07) is 11.4. The van der Waals surface area contributed by atoms with Crippen LogP contribution in [0.1, 0.15) is 57.6 Å². The summed E-state index contributed by atoms with van der Waals surface area (Å²) in [5.74, 6) is 0. The van der Waals surface area contributed by atoms with Gasteiger partial charge < -0.3 is 5.32 Å². The summed E-state index contributed by atoms with van der Waals surface area (Å²) in [5, 5.41) is 3.79. The van der Waals surface area contributed by atoms with Crippen LogP contribution in [0, 0.1) is 5.41 Å². The molecule has 0 amide bonds. The zero-order valence-electron chi connectivity index (χ0n) is 11.2. The molecule has 1 unspecified atom stereocenters. The molecular weight excluding hydrogens is 206 g/mol. The molecule has 1 aromatic carbocycles. The van der Waals surface area contributed by atoms with E-state index in [0.717, 1.165) is 0 Å². The normalized spacial score (nSPS) is 18.9. The molecule has 0 aliphatic heterocycles. The molecule has 1 N–H and O–H groups in total. The second-order valence-electron chi connectivity index (χ2n) is 5.49. The predicted octanol–water partition coefficient (Wildman–Crippen LogP) is 4.31. The van der Waals surface area contributed by atoms with Gasteiger partial charge in [0.2, 0.25) is 0 Å². The fourth-order valence-corrected chi connectivity index (χ4v) is 2.53. The first-order valence-corrected chi connectivity index (χ1v) is 7.08. The first-order valence-electron chi connectivity index (χ1n) is 7.08. The van der Waals surface area contributed by atoms with Crippen LogP contribution in [0.4, 0.5) is 0 Å². The van der Waals surface area contributed by atoms with E-state index in [1.165, 1.54) is 44.2 Å². The van der Waals surface area contributed by atoms with Crippen LogP contribution in [0.3, 0.4) is 0 Å². The monoisotopic (exact) mass is 231 g/mol. The fraction of sp³-hybridized carbons (Fsp3) is 0.625. The quantitative estimate of drug-likeness (QED) is 0.737. The maximum absolute atomic E-state index is 3.79. The van der Waals surface area contributed by atoms with Crippen molar-refractivity contribution in [1.29, 1.82) is 0 Å². The van der Waals surface area contributed by atoms with Gasteiger partial charge in [-0.15, -0.1) is 0 Å². The van der Waals surface area contributed by atoms with Gasteiger partial charge in [0.05, 0.1) is 0 Å². The average molecular weight is 231 g/mol. The molecule has 2 rings (SSSR count). The Morgan fingerprint density at radius 1 is 1.18 bits per heavy atom. The topological polar surface area (TPSA) is 12.0 Å². The van der Waals surface area contributed by atoms with E-state index >= 15 is 0 Å². The van der Waals surface area contributed by atoms with Crippen molar-refractivity contribution in [1.82, 2.24) is 5.32 Å². The van der Waals surface area contributed by atoms with Crippen molar-refractivity contribution >= 4 is 0 Å². The summed E-state index contributed by atoms with van der Waals surface area (Å²) in [5.41, 5.74) is 2.09. The van der Waals surface area contributed by atoms with E-state index in [2.05, 4.69) is 49.5 Å². The lowest BCUT2D eigenvalue weighted by atomic mass is 9.99. The summed E-state index contributed by atoms with van der Waals surface area (Å²) < 4.78 is 0. The van der Waals surface area contributed by atoms with Crippen molar-refractivity contribution < 1.29 is 0 Å². The SMILES string of the molecule is CCCC(NCC1(CC)CC1)c1ccccc1. The second-order valence-corrected chi connectivity index (χ2v) is 5.49. The van der Waals surface area contributed by atoms with Crippen molar-refractivity contribution in [2.75, 3.05) is 6.54 Å². The van der Waals surface area contributed by atoms with E-state index in [1.54, 1.807) is 0 Å². The van der Waals surface area contributed by atoms with Gasteiger partial charge in [-0.05, 0) is 36.7 Å². The molecule has 94 valence electrons. The van der Waals surface area contributed by atoms with Gasteiger partial charge in [0.15, 0.2) is 0 Å². The highest BCUT2D eigenvalue weighted by Crippen LogP contribution is 2.48. The highest BCUT2D eigenvalue weighted by molar-refractivity contribution is 5.19. The van der Waals surface area contributed by atoms with Gasteiger partial charge in [0.1, 0.15) is 0 Å². The first kappa shape index (κ1) is 12.6. The average Bonchev–Trinajstić information content (AvgIpc) is 3.16.